The molecule has 6 heteroatoms. The zero-order chi connectivity index (χ0) is 18.4. The minimum absolute atomic E-state index is 0. The second kappa shape index (κ2) is 9.94. The second-order valence-corrected chi connectivity index (χ2v) is 7.40. The first-order chi connectivity index (χ1) is 11.8. The molecule has 5 nitrogen and oxygen atoms in total. The van der Waals surface area contributed by atoms with Crippen molar-refractivity contribution >= 4 is 29.9 Å². The monoisotopic (exact) mass is 470 g/mol. The standard InChI is InChI=1S/C20H30N4O.HI/c1-14(2)18-11-17(25-24-18)12-22-19(21-6)23-13-20(4,5)16-9-7-15(3)8-10-16;/h7-11,14H,12-13H2,1-6H3,(H2,21,22,23);1H. The summed E-state index contributed by atoms with van der Waals surface area (Å²) in [5.74, 6) is 1.93. The molecule has 2 aromatic rings. The van der Waals surface area contributed by atoms with Crippen LogP contribution in [0.2, 0.25) is 0 Å². The van der Waals surface area contributed by atoms with Crippen molar-refractivity contribution in [2.75, 3.05) is 13.6 Å². The summed E-state index contributed by atoms with van der Waals surface area (Å²) in [5, 5.41) is 10.8. The highest BCUT2D eigenvalue weighted by atomic mass is 127. The molecule has 0 aliphatic carbocycles. The van der Waals surface area contributed by atoms with E-state index in [1.54, 1.807) is 7.05 Å². The minimum atomic E-state index is 0. The molecule has 1 aromatic carbocycles. The Morgan fingerprint density at radius 2 is 1.85 bits per heavy atom. The fourth-order valence-corrected chi connectivity index (χ4v) is 2.49. The van der Waals surface area contributed by atoms with Gasteiger partial charge in [0.25, 0.3) is 0 Å². The van der Waals surface area contributed by atoms with E-state index in [0.29, 0.717) is 12.5 Å². The van der Waals surface area contributed by atoms with Crippen molar-refractivity contribution in [3.8, 4) is 0 Å². The maximum absolute atomic E-state index is 5.35. The van der Waals surface area contributed by atoms with Gasteiger partial charge in [0.05, 0.1) is 12.2 Å². The number of hydrogen-bond acceptors (Lipinski definition) is 3. The molecule has 0 spiro atoms. The summed E-state index contributed by atoms with van der Waals surface area (Å²) in [6.45, 7) is 12.1. The third kappa shape index (κ3) is 6.30. The highest BCUT2D eigenvalue weighted by Gasteiger charge is 2.20. The van der Waals surface area contributed by atoms with Crippen molar-refractivity contribution in [1.29, 1.82) is 0 Å². The molecule has 0 atom stereocenters. The molecule has 2 N–H and O–H groups in total. The molecule has 2 rings (SSSR count). The minimum Gasteiger partial charge on any atom is -0.359 e. The molecule has 0 aliphatic heterocycles. The Kier molecular flexibility index (Phi) is 8.59. The molecule has 0 radical (unpaired) electrons. The van der Waals surface area contributed by atoms with Crippen LogP contribution in [0.1, 0.15) is 56.2 Å². The largest absolute Gasteiger partial charge is 0.359 e. The topological polar surface area (TPSA) is 62.5 Å². The summed E-state index contributed by atoms with van der Waals surface area (Å²) >= 11 is 0. The number of nitrogens with zero attached hydrogens (tertiary/aromatic N) is 2. The lowest BCUT2D eigenvalue weighted by Gasteiger charge is -2.27. The molecule has 0 amide bonds. The Hall–Kier alpha value is -1.57. The van der Waals surface area contributed by atoms with Gasteiger partial charge in [-0.3, -0.25) is 4.99 Å². The lowest BCUT2D eigenvalue weighted by atomic mass is 9.84. The smallest absolute Gasteiger partial charge is 0.191 e. The van der Waals surface area contributed by atoms with Crippen LogP contribution >= 0.6 is 24.0 Å². The maximum atomic E-state index is 5.35. The van der Waals surface area contributed by atoms with E-state index >= 15 is 0 Å². The van der Waals surface area contributed by atoms with Crippen molar-refractivity contribution < 1.29 is 4.52 Å². The number of guanidine groups is 1. The molecule has 0 unspecified atom stereocenters. The van der Waals surface area contributed by atoms with Crippen molar-refractivity contribution in [3.05, 3.63) is 52.9 Å². The van der Waals surface area contributed by atoms with Crippen LogP contribution in [0.5, 0.6) is 0 Å². The second-order valence-electron chi connectivity index (χ2n) is 7.40. The average molecular weight is 470 g/mol. The Morgan fingerprint density at radius 1 is 1.19 bits per heavy atom. The highest BCUT2D eigenvalue weighted by Crippen LogP contribution is 2.22. The van der Waals surface area contributed by atoms with Gasteiger partial charge >= 0.3 is 0 Å². The van der Waals surface area contributed by atoms with Crippen LogP contribution in [0.15, 0.2) is 39.8 Å². The van der Waals surface area contributed by atoms with Gasteiger partial charge in [0.1, 0.15) is 0 Å². The fraction of sp³-hybridized carbons (Fsp3) is 0.500. The molecule has 0 bridgehead atoms. The van der Waals surface area contributed by atoms with E-state index in [4.69, 9.17) is 4.52 Å². The van der Waals surface area contributed by atoms with Gasteiger partial charge < -0.3 is 15.2 Å². The van der Waals surface area contributed by atoms with Crippen LogP contribution in [0.3, 0.4) is 0 Å². The predicted octanol–water partition coefficient (Wildman–Crippen LogP) is 4.37. The molecule has 144 valence electrons. The zero-order valence-electron chi connectivity index (χ0n) is 16.6. The van der Waals surface area contributed by atoms with E-state index in [1.165, 1.54) is 11.1 Å². The number of halogens is 1. The number of aromatic nitrogens is 1. The van der Waals surface area contributed by atoms with E-state index in [9.17, 15) is 0 Å². The summed E-state index contributed by atoms with van der Waals surface area (Å²) in [7, 11) is 1.77. The Bertz CT molecular complexity index is 705. The zero-order valence-corrected chi connectivity index (χ0v) is 18.9. The summed E-state index contributed by atoms with van der Waals surface area (Å²) < 4.78 is 5.35. The van der Waals surface area contributed by atoms with Crippen LogP contribution in [0.4, 0.5) is 0 Å². The number of benzene rings is 1. The van der Waals surface area contributed by atoms with Crippen molar-refractivity contribution in [2.45, 2.75) is 52.5 Å². The Balaban J connectivity index is 0.00000338. The molecule has 26 heavy (non-hydrogen) atoms. The van der Waals surface area contributed by atoms with E-state index in [-0.39, 0.29) is 29.4 Å². The SMILES string of the molecule is CN=C(NCc1cc(C(C)C)no1)NCC(C)(C)c1ccc(C)cc1.I. The van der Waals surface area contributed by atoms with Gasteiger partial charge in [-0.05, 0) is 18.4 Å². The molecule has 0 saturated heterocycles. The van der Waals surface area contributed by atoms with Gasteiger partial charge in [0.15, 0.2) is 11.7 Å². The third-order valence-corrected chi connectivity index (χ3v) is 4.35. The van der Waals surface area contributed by atoms with Crippen molar-refractivity contribution in [3.63, 3.8) is 0 Å². The molecule has 0 fully saturated rings. The first-order valence-corrected chi connectivity index (χ1v) is 8.79. The van der Waals surface area contributed by atoms with Gasteiger partial charge in [-0.1, -0.05) is 62.7 Å². The third-order valence-electron chi connectivity index (χ3n) is 4.35. The van der Waals surface area contributed by atoms with Crippen molar-refractivity contribution in [2.24, 2.45) is 4.99 Å². The highest BCUT2D eigenvalue weighted by molar-refractivity contribution is 14.0. The van der Waals surface area contributed by atoms with E-state index < -0.39 is 0 Å². The Morgan fingerprint density at radius 3 is 2.38 bits per heavy atom. The quantitative estimate of drug-likeness (QED) is 0.374. The molecule has 0 aliphatic rings. The maximum Gasteiger partial charge on any atom is 0.191 e. The fourth-order valence-electron chi connectivity index (χ4n) is 2.49. The summed E-state index contributed by atoms with van der Waals surface area (Å²) in [4.78, 5) is 4.29. The van der Waals surface area contributed by atoms with E-state index in [0.717, 1.165) is 24.0 Å². The summed E-state index contributed by atoms with van der Waals surface area (Å²) in [5.41, 5.74) is 3.55. The van der Waals surface area contributed by atoms with Crippen LogP contribution in [-0.2, 0) is 12.0 Å². The van der Waals surface area contributed by atoms with Crippen LogP contribution < -0.4 is 10.6 Å². The van der Waals surface area contributed by atoms with Gasteiger partial charge in [-0.15, -0.1) is 24.0 Å². The molecule has 1 heterocycles. The van der Waals surface area contributed by atoms with E-state index in [1.807, 2.05) is 6.07 Å². The number of rotatable bonds is 6. The molecular formula is C20H31IN4O. The number of aliphatic imine (C=N–C) groups is 1. The number of aryl methyl sites for hydroxylation is 1. The van der Waals surface area contributed by atoms with Gasteiger partial charge in [0.2, 0.25) is 0 Å². The molecule has 1 aromatic heterocycles. The lowest BCUT2D eigenvalue weighted by molar-refractivity contribution is 0.371. The van der Waals surface area contributed by atoms with Gasteiger partial charge in [-0.25, -0.2) is 0 Å². The molecule has 0 saturated carbocycles. The predicted molar refractivity (Wildman–Crippen MR) is 118 cm³/mol. The van der Waals surface area contributed by atoms with Gasteiger partial charge in [0, 0.05) is 25.1 Å². The van der Waals surface area contributed by atoms with Gasteiger partial charge in [-0.2, -0.15) is 0 Å². The van der Waals surface area contributed by atoms with E-state index in [2.05, 4.69) is 79.7 Å². The average Bonchev–Trinajstić information content (AvgIpc) is 3.04. The first-order valence-electron chi connectivity index (χ1n) is 8.79. The van der Waals surface area contributed by atoms with Crippen LogP contribution in [0.25, 0.3) is 0 Å². The normalized spacial score (nSPS) is 12.0. The molecular weight excluding hydrogens is 439 g/mol. The van der Waals surface area contributed by atoms with Crippen LogP contribution in [0, 0.1) is 6.92 Å². The summed E-state index contributed by atoms with van der Waals surface area (Å²) in [6.07, 6.45) is 0. The lowest BCUT2D eigenvalue weighted by Crippen LogP contribution is -2.43. The van der Waals surface area contributed by atoms with Crippen molar-refractivity contribution in [1.82, 2.24) is 15.8 Å². The first kappa shape index (κ1) is 22.5. The summed E-state index contributed by atoms with van der Waals surface area (Å²) in [6, 6.07) is 10.7. The van der Waals surface area contributed by atoms with Crippen LogP contribution in [-0.4, -0.2) is 24.7 Å². The number of hydrogen-bond donors (Lipinski definition) is 2. The Labute approximate surface area is 174 Å². The number of nitrogens with one attached hydrogen (secondary N) is 2.